The molecule has 1 aliphatic rings. The molecule has 1 heterocycles. The number of hydrogen-bond donors (Lipinski definition) is 2. The van der Waals surface area contributed by atoms with E-state index >= 15 is 0 Å². The number of hydrogen-bond acceptors (Lipinski definition) is 2. The third-order valence-electron chi connectivity index (χ3n) is 2.63. The SMILES string of the molecule is Cc1cccc2c1NC(=O)CC2C(=O)O. The van der Waals surface area contributed by atoms with Crippen LogP contribution in [-0.2, 0) is 9.59 Å². The number of para-hydroxylation sites is 1. The molecule has 1 atom stereocenters. The van der Waals surface area contributed by atoms with Crippen LogP contribution in [0.3, 0.4) is 0 Å². The minimum atomic E-state index is -0.948. The summed E-state index contributed by atoms with van der Waals surface area (Å²) in [4.78, 5) is 22.3. The monoisotopic (exact) mass is 205 g/mol. The summed E-state index contributed by atoms with van der Waals surface area (Å²) in [5.74, 6) is -1.89. The van der Waals surface area contributed by atoms with E-state index in [0.717, 1.165) is 5.56 Å². The van der Waals surface area contributed by atoms with Crippen molar-refractivity contribution in [3.05, 3.63) is 29.3 Å². The van der Waals surface area contributed by atoms with Crippen LogP contribution in [0.15, 0.2) is 18.2 Å². The number of anilines is 1. The Balaban J connectivity index is 2.55. The van der Waals surface area contributed by atoms with Crippen molar-refractivity contribution >= 4 is 17.6 Å². The maximum atomic E-state index is 11.3. The van der Waals surface area contributed by atoms with Crippen LogP contribution in [0.5, 0.6) is 0 Å². The highest BCUT2D eigenvalue weighted by Crippen LogP contribution is 2.34. The first-order valence-corrected chi connectivity index (χ1v) is 4.72. The summed E-state index contributed by atoms with van der Waals surface area (Å²) >= 11 is 0. The van der Waals surface area contributed by atoms with Gasteiger partial charge in [0.25, 0.3) is 0 Å². The number of amides is 1. The number of carboxylic acids is 1. The molecule has 0 fully saturated rings. The van der Waals surface area contributed by atoms with Gasteiger partial charge in [-0.2, -0.15) is 0 Å². The van der Waals surface area contributed by atoms with Crippen LogP contribution in [0.1, 0.15) is 23.5 Å². The quantitative estimate of drug-likeness (QED) is 0.730. The zero-order valence-corrected chi connectivity index (χ0v) is 8.28. The van der Waals surface area contributed by atoms with Crippen LogP contribution in [0.25, 0.3) is 0 Å². The van der Waals surface area contributed by atoms with Gasteiger partial charge in [0, 0.05) is 12.1 Å². The lowest BCUT2D eigenvalue weighted by Crippen LogP contribution is -2.27. The number of carbonyl (C=O) groups is 2. The zero-order valence-electron chi connectivity index (χ0n) is 8.28. The third-order valence-corrected chi connectivity index (χ3v) is 2.63. The Bertz CT molecular complexity index is 439. The minimum absolute atomic E-state index is 0.0196. The van der Waals surface area contributed by atoms with E-state index in [1.54, 1.807) is 6.07 Å². The molecule has 4 nitrogen and oxygen atoms in total. The molecule has 0 bridgehead atoms. The van der Waals surface area contributed by atoms with E-state index < -0.39 is 11.9 Å². The van der Waals surface area contributed by atoms with Gasteiger partial charge in [0.05, 0.1) is 5.92 Å². The topological polar surface area (TPSA) is 66.4 Å². The molecule has 1 aromatic carbocycles. The summed E-state index contributed by atoms with van der Waals surface area (Å²) in [7, 11) is 0. The van der Waals surface area contributed by atoms with Crippen LogP contribution in [0.2, 0.25) is 0 Å². The summed E-state index contributed by atoms with van der Waals surface area (Å²) < 4.78 is 0. The van der Waals surface area contributed by atoms with Crippen LogP contribution in [-0.4, -0.2) is 17.0 Å². The van der Waals surface area contributed by atoms with E-state index in [0.29, 0.717) is 11.3 Å². The molecule has 4 heteroatoms. The molecule has 0 aliphatic carbocycles. The van der Waals surface area contributed by atoms with Gasteiger partial charge in [-0.15, -0.1) is 0 Å². The zero-order chi connectivity index (χ0) is 11.0. The van der Waals surface area contributed by atoms with Crippen LogP contribution in [0.4, 0.5) is 5.69 Å². The van der Waals surface area contributed by atoms with Gasteiger partial charge >= 0.3 is 5.97 Å². The van der Waals surface area contributed by atoms with Crippen molar-refractivity contribution in [3.63, 3.8) is 0 Å². The molecule has 0 saturated heterocycles. The molecule has 2 N–H and O–H groups in total. The summed E-state index contributed by atoms with van der Waals surface area (Å²) in [5, 5.41) is 11.7. The van der Waals surface area contributed by atoms with Gasteiger partial charge in [-0.1, -0.05) is 18.2 Å². The fourth-order valence-electron chi connectivity index (χ4n) is 1.86. The lowest BCUT2D eigenvalue weighted by Gasteiger charge is -2.23. The van der Waals surface area contributed by atoms with Crippen LogP contribution >= 0.6 is 0 Å². The highest BCUT2D eigenvalue weighted by molar-refractivity contribution is 6.00. The smallest absolute Gasteiger partial charge is 0.311 e. The summed E-state index contributed by atoms with van der Waals surface area (Å²) in [6.45, 7) is 1.85. The predicted molar refractivity (Wildman–Crippen MR) is 54.8 cm³/mol. The highest BCUT2D eigenvalue weighted by atomic mass is 16.4. The molecule has 1 amide bonds. The van der Waals surface area contributed by atoms with E-state index in [1.807, 2.05) is 19.1 Å². The number of nitrogens with one attached hydrogen (secondary N) is 1. The van der Waals surface area contributed by atoms with E-state index in [4.69, 9.17) is 5.11 Å². The Hall–Kier alpha value is -1.84. The summed E-state index contributed by atoms with van der Waals surface area (Å²) in [5.41, 5.74) is 2.25. The maximum absolute atomic E-state index is 11.3. The third kappa shape index (κ3) is 1.58. The van der Waals surface area contributed by atoms with Gasteiger partial charge in [0.15, 0.2) is 0 Å². The molecule has 1 unspecified atom stereocenters. The largest absolute Gasteiger partial charge is 0.481 e. The van der Waals surface area contributed by atoms with Crippen molar-refractivity contribution in [1.82, 2.24) is 0 Å². The van der Waals surface area contributed by atoms with Crippen molar-refractivity contribution < 1.29 is 14.7 Å². The van der Waals surface area contributed by atoms with Gasteiger partial charge in [-0.25, -0.2) is 0 Å². The molecule has 78 valence electrons. The standard InChI is InChI=1S/C11H11NO3/c1-6-3-2-4-7-8(11(14)15)5-9(13)12-10(6)7/h2-4,8H,5H2,1H3,(H,12,13)(H,14,15). The van der Waals surface area contributed by atoms with Gasteiger partial charge in [-0.3, -0.25) is 9.59 Å². The highest BCUT2D eigenvalue weighted by Gasteiger charge is 2.30. The fraction of sp³-hybridized carbons (Fsp3) is 0.273. The number of benzene rings is 1. The van der Waals surface area contributed by atoms with Crippen LogP contribution in [0, 0.1) is 6.92 Å². The Morgan fingerprint density at radius 3 is 2.93 bits per heavy atom. The fourth-order valence-corrected chi connectivity index (χ4v) is 1.86. The lowest BCUT2D eigenvalue weighted by molar-refractivity contribution is -0.140. The normalized spacial score (nSPS) is 19.3. The number of rotatable bonds is 1. The van der Waals surface area contributed by atoms with Gasteiger partial charge in [0.1, 0.15) is 0 Å². The number of aliphatic carboxylic acids is 1. The van der Waals surface area contributed by atoms with E-state index in [9.17, 15) is 9.59 Å². The average molecular weight is 205 g/mol. The minimum Gasteiger partial charge on any atom is -0.481 e. The molecule has 2 rings (SSSR count). The van der Waals surface area contributed by atoms with E-state index in [1.165, 1.54) is 0 Å². The Morgan fingerprint density at radius 2 is 2.27 bits per heavy atom. The Morgan fingerprint density at radius 1 is 1.53 bits per heavy atom. The molecule has 15 heavy (non-hydrogen) atoms. The second kappa shape index (κ2) is 3.38. The maximum Gasteiger partial charge on any atom is 0.311 e. The molecule has 0 saturated carbocycles. The number of fused-ring (bicyclic) bond motifs is 1. The summed E-state index contributed by atoms with van der Waals surface area (Å²) in [6, 6.07) is 5.41. The van der Waals surface area contributed by atoms with Crippen molar-refractivity contribution in [2.75, 3.05) is 5.32 Å². The van der Waals surface area contributed by atoms with Crippen molar-refractivity contribution in [2.24, 2.45) is 0 Å². The molecular formula is C11H11NO3. The molecule has 1 aliphatic heterocycles. The second-order valence-electron chi connectivity index (χ2n) is 3.68. The van der Waals surface area contributed by atoms with Crippen molar-refractivity contribution in [3.8, 4) is 0 Å². The molecule has 0 radical (unpaired) electrons. The molecule has 0 aromatic heterocycles. The van der Waals surface area contributed by atoms with Gasteiger partial charge in [-0.05, 0) is 18.1 Å². The van der Waals surface area contributed by atoms with Gasteiger partial charge in [0.2, 0.25) is 5.91 Å². The van der Waals surface area contributed by atoms with Crippen molar-refractivity contribution in [2.45, 2.75) is 19.3 Å². The molecular weight excluding hydrogens is 194 g/mol. The van der Waals surface area contributed by atoms with E-state index in [2.05, 4.69) is 5.32 Å². The van der Waals surface area contributed by atoms with Crippen molar-refractivity contribution in [1.29, 1.82) is 0 Å². The van der Waals surface area contributed by atoms with Gasteiger partial charge < -0.3 is 10.4 Å². The molecule has 0 spiro atoms. The Labute approximate surface area is 86.9 Å². The first-order valence-electron chi connectivity index (χ1n) is 4.72. The lowest BCUT2D eigenvalue weighted by atomic mass is 9.89. The first kappa shape index (κ1) is 9.71. The second-order valence-corrected chi connectivity index (χ2v) is 3.68. The number of carbonyl (C=O) groups excluding carboxylic acids is 1. The van der Waals surface area contributed by atoms with Crippen LogP contribution < -0.4 is 5.32 Å². The number of aryl methyl sites for hydroxylation is 1. The predicted octanol–water partition coefficient (Wildman–Crippen LogP) is 1.51. The molecule has 1 aromatic rings. The Kier molecular flexibility index (Phi) is 2.19. The average Bonchev–Trinajstić information content (AvgIpc) is 2.18. The summed E-state index contributed by atoms with van der Waals surface area (Å²) in [6.07, 6.45) is 0.0196. The number of carboxylic acid groups (broad SMARTS) is 1. The van der Waals surface area contributed by atoms with E-state index in [-0.39, 0.29) is 12.3 Å². The first-order chi connectivity index (χ1) is 7.09.